The lowest BCUT2D eigenvalue weighted by molar-refractivity contribution is -0.142. The van der Waals surface area contributed by atoms with E-state index in [4.69, 9.17) is 10.8 Å². The number of aliphatic carboxylic acids is 3. The number of carboxylic acid groups (broad SMARTS) is 3. The summed E-state index contributed by atoms with van der Waals surface area (Å²) in [6.07, 6.45) is 1.12. The maximum Gasteiger partial charge on any atom is 0.320 e. The molecule has 1 heterocycles. The number of carbonyl (C=O) groups is 3. The summed E-state index contributed by atoms with van der Waals surface area (Å²) in [5, 5.41) is 30.1. The fourth-order valence-corrected chi connectivity index (χ4v) is 6.09. The molecule has 1 saturated heterocycles. The molecule has 3 atom stereocenters. The molecular formula is C14H27N3O6Si. The van der Waals surface area contributed by atoms with Gasteiger partial charge < -0.3 is 26.4 Å². The van der Waals surface area contributed by atoms with Gasteiger partial charge in [-0.1, -0.05) is 13.1 Å². The van der Waals surface area contributed by atoms with Crippen molar-refractivity contribution in [1.29, 1.82) is 0 Å². The van der Waals surface area contributed by atoms with Crippen LogP contribution >= 0.6 is 0 Å². The van der Waals surface area contributed by atoms with Gasteiger partial charge in [0, 0.05) is 6.54 Å². The van der Waals surface area contributed by atoms with Crippen LogP contribution in [0.25, 0.3) is 0 Å². The minimum absolute atomic E-state index is 0.126. The maximum atomic E-state index is 11.4. The average molecular weight is 361 g/mol. The van der Waals surface area contributed by atoms with Crippen LogP contribution in [0.5, 0.6) is 0 Å². The largest absolute Gasteiger partial charge is 0.480 e. The minimum Gasteiger partial charge on any atom is -0.480 e. The van der Waals surface area contributed by atoms with Gasteiger partial charge >= 0.3 is 17.9 Å². The van der Waals surface area contributed by atoms with Gasteiger partial charge in [-0.2, -0.15) is 0 Å². The van der Waals surface area contributed by atoms with Gasteiger partial charge in [0.1, 0.15) is 18.1 Å². The molecule has 0 bridgehead atoms. The third kappa shape index (κ3) is 6.19. The molecule has 0 aromatic rings. The van der Waals surface area contributed by atoms with Crippen LogP contribution in [0.2, 0.25) is 19.1 Å². The smallest absolute Gasteiger partial charge is 0.320 e. The highest BCUT2D eigenvalue weighted by Gasteiger charge is 2.42. The fraction of sp³-hybridized carbons (Fsp3) is 0.786. The van der Waals surface area contributed by atoms with Gasteiger partial charge in [0.2, 0.25) is 0 Å². The van der Waals surface area contributed by atoms with Crippen LogP contribution in [0.15, 0.2) is 0 Å². The molecule has 1 rings (SSSR count). The molecule has 0 aliphatic carbocycles. The molecule has 0 saturated carbocycles. The summed E-state index contributed by atoms with van der Waals surface area (Å²) < 4.78 is 0. The van der Waals surface area contributed by atoms with Gasteiger partial charge in [0.05, 0.1) is 8.07 Å². The maximum absolute atomic E-state index is 11.4. The summed E-state index contributed by atoms with van der Waals surface area (Å²) >= 11 is 0. The highest BCUT2D eigenvalue weighted by Crippen LogP contribution is 2.27. The van der Waals surface area contributed by atoms with E-state index in [0.29, 0.717) is 12.6 Å². The van der Waals surface area contributed by atoms with E-state index < -0.39 is 44.1 Å². The predicted octanol–water partition coefficient (Wildman–Crippen LogP) is -0.762. The zero-order valence-electron chi connectivity index (χ0n) is 14.1. The molecule has 1 aliphatic rings. The van der Waals surface area contributed by atoms with E-state index >= 15 is 0 Å². The summed E-state index contributed by atoms with van der Waals surface area (Å²) in [5.74, 6) is -3.03. The molecule has 0 spiro atoms. The first-order valence-corrected chi connectivity index (χ1v) is 11.4. The van der Waals surface area contributed by atoms with E-state index in [1.54, 1.807) is 0 Å². The molecule has 138 valence electrons. The van der Waals surface area contributed by atoms with E-state index in [1.165, 1.54) is 0 Å². The van der Waals surface area contributed by atoms with Gasteiger partial charge in [0.15, 0.2) is 0 Å². The molecule has 0 radical (unpaired) electrons. The van der Waals surface area contributed by atoms with Gasteiger partial charge in [-0.25, -0.2) is 0 Å². The highest BCUT2D eigenvalue weighted by atomic mass is 28.3. The van der Waals surface area contributed by atoms with Crippen LogP contribution in [0.4, 0.5) is 0 Å². The first-order valence-electron chi connectivity index (χ1n) is 7.95. The Kier molecular flexibility index (Phi) is 7.33. The van der Waals surface area contributed by atoms with Gasteiger partial charge in [-0.3, -0.25) is 19.3 Å². The van der Waals surface area contributed by atoms with Crippen molar-refractivity contribution in [3.8, 4) is 0 Å². The molecule has 9 nitrogen and oxygen atoms in total. The van der Waals surface area contributed by atoms with Crippen molar-refractivity contribution in [2.75, 3.05) is 19.3 Å². The quantitative estimate of drug-likeness (QED) is 0.316. The van der Waals surface area contributed by atoms with E-state index in [9.17, 15) is 24.6 Å². The van der Waals surface area contributed by atoms with Crippen LogP contribution in [0, 0.1) is 0 Å². The lowest BCUT2D eigenvalue weighted by atomic mass is 10.1. The minimum atomic E-state index is -1.59. The van der Waals surface area contributed by atoms with Crippen LogP contribution < -0.4 is 11.1 Å². The number of nitrogens with one attached hydrogen (secondary N) is 1. The van der Waals surface area contributed by atoms with E-state index in [1.807, 2.05) is 4.90 Å². The standard InChI is InChI=1S/C14H27N3O6Si/c1-24(2)7-11(14(22)23)17(8-24)6-4-10(13(20)21)16-5-3-9(15)12(18)19/h9-11,16H,3-8,15H2,1-2H3,(H,18,19)(H,20,21)(H,22,23)/t9-,10-,11-/m0/s1. The Labute approximate surface area is 141 Å². The Morgan fingerprint density at radius 1 is 1.21 bits per heavy atom. The summed E-state index contributed by atoms with van der Waals surface area (Å²) in [4.78, 5) is 35.2. The summed E-state index contributed by atoms with van der Waals surface area (Å²) in [6, 6.07) is -1.76. The van der Waals surface area contributed by atoms with Crippen molar-refractivity contribution in [2.45, 2.75) is 50.1 Å². The Hall–Kier alpha value is -1.49. The molecule has 1 aliphatic heterocycles. The van der Waals surface area contributed by atoms with Crippen molar-refractivity contribution in [2.24, 2.45) is 5.73 Å². The topological polar surface area (TPSA) is 153 Å². The van der Waals surface area contributed by atoms with Gasteiger partial charge in [-0.05, 0) is 31.6 Å². The van der Waals surface area contributed by atoms with E-state index in [0.717, 1.165) is 6.17 Å². The van der Waals surface area contributed by atoms with Crippen LogP contribution in [-0.4, -0.2) is 83.6 Å². The van der Waals surface area contributed by atoms with Gasteiger partial charge in [0.25, 0.3) is 0 Å². The second-order valence-corrected chi connectivity index (χ2v) is 12.1. The SMILES string of the molecule is C[Si]1(C)C[C@@H](C(=O)O)N(CC[C@H](NCC[C@H](N)C(=O)O)C(=O)O)C1. The summed E-state index contributed by atoms with van der Waals surface area (Å²) in [6.45, 7) is 4.81. The Morgan fingerprint density at radius 3 is 2.33 bits per heavy atom. The summed E-state index contributed by atoms with van der Waals surface area (Å²) in [5.41, 5.74) is 5.38. The number of hydrogen-bond acceptors (Lipinski definition) is 6. The molecule has 0 amide bonds. The van der Waals surface area contributed by atoms with Crippen molar-refractivity contribution >= 4 is 26.0 Å². The normalized spacial score (nSPS) is 22.9. The van der Waals surface area contributed by atoms with Crippen LogP contribution in [-0.2, 0) is 14.4 Å². The van der Waals surface area contributed by atoms with Crippen molar-refractivity contribution in [3.05, 3.63) is 0 Å². The molecular weight excluding hydrogens is 334 g/mol. The second kappa shape index (κ2) is 8.56. The number of nitrogens with zero attached hydrogens (tertiary/aromatic N) is 1. The lowest BCUT2D eigenvalue weighted by Crippen LogP contribution is -2.44. The first kappa shape index (κ1) is 20.6. The lowest BCUT2D eigenvalue weighted by Gasteiger charge is -2.24. The number of nitrogens with two attached hydrogens (primary N) is 1. The molecule has 0 aromatic heterocycles. The van der Waals surface area contributed by atoms with Crippen LogP contribution in [0.1, 0.15) is 12.8 Å². The zero-order chi connectivity index (χ0) is 18.5. The third-order valence-corrected chi connectivity index (χ3v) is 7.02. The molecule has 0 unspecified atom stereocenters. The number of rotatable bonds is 10. The Balaban J connectivity index is 2.52. The average Bonchev–Trinajstić information content (AvgIpc) is 2.77. The highest BCUT2D eigenvalue weighted by molar-refractivity contribution is 6.78. The Bertz CT molecular complexity index is 487. The predicted molar refractivity (Wildman–Crippen MR) is 89.6 cm³/mol. The molecule has 24 heavy (non-hydrogen) atoms. The monoisotopic (exact) mass is 361 g/mol. The van der Waals surface area contributed by atoms with E-state index in [2.05, 4.69) is 18.4 Å². The molecule has 10 heteroatoms. The van der Waals surface area contributed by atoms with Crippen molar-refractivity contribution in [1.82, 2.24) is 10.2 Å². The third-order valence-electron chi connectivity index (χ3n) is 4.27. The van der Waals surface area contributed by atoms with Gasteiger partial charge in [-0.15, -0.1) is 0 Å². The van der Waals surface area contributed by atoms with Crippen molar-refractivity contribution < 1.29 is 29.7 Å². The molecule has 1 fully saturated rings. The number of carboxylic acids is 3. The van der Waals surface area contributed by atoms with E-state index in [-0.39, 0.29) is 19.4 Å². The Morgan fingerprint density at radius 2 is 1.83 bits per heavy atom. The fourth-order valence-electron chi connectivity index (χ4n) is 3.00. The first-order chi connectivity index (χ1) is 11.0. The number of hydrogen-bond donors (Lipinski definition) is 5. The zero-order valence-corrected chi connectivity index (χ0v) is 15.1. The second-order valence-electron chi connectivity index (χ2n) is 7.06. The summed E-state index contributed by atoms with van der Waals surface area (Å²) in [7, 11) is -1.59. The van der Waals surface area contributed by atoms with Crippen LogP contribution in [0.3, 0.4) is 0 Å². The molecule has 0 aromatic carbocycles. The molecule has 6 N–H and O–H groups in total. The van der Waals surface area contributed by atoms with Crippen molar-refractivity contribution in [3.63, 3.8) is 0 Å².